The number of ether oxygens (including phenoxy) is 1. The summed E-state index contributed by atoms with van der Waals surface area (Å²) in [6.07, 6.45) is -4.53. The third-order valence-corrected chi connectivity index (χ3v) is 4.65. The minimum Gasteiger partial charge on any atom is -0.452 e. The summed E-state index contributed by atoms with van der Waals surface area (Å²) < 4.78 is 44.0. The molecule has 0 bridgehead atoms. The van der Waals surface area contributed by atoms with Crippen LogP contribution in [0.3, 0.4) is 0 Å². The van der Waals surface area contributed by atoms with Crippen LogP contribution in [0, 0.1) is 0 Å². The van der Waals surface area contributed by atoms with Crippen molar-refractivity contribution in [1.29, 1.82) is 0 Å². The molecule has 1 saturated heterocycles. The Morgan fingerprint density at radius 1 is 1.03 bits per heavy atom. The number of hydrogen-bond acceptors (Lipinski definition) is 5. The standard InChI is InChI=1S/C20H14ClF3N2O5/c21-14-3-1-2-13(20(22,23)24)18(14)25-15(27)10-31-19(30)11-4-6-12(7-5-11)26-16(28)8-9-17(26)29/h1-7H,8-10H2,(H,25,27). The van der Waals surface area contributed by atoms with Crippen molar-refractivity contribution in [1.82, 2.24) is 0 Å². The molecule has 0 atom stereocenters. The quantitative estimate of drug-likeness (QED) is 0.548. The van der Waals surface area contributed by atoms with Gasteiger partial charge < -0.3 is 10.1 Å². The van der Waals surface area contributed by atoms with Gasteiger partial charge in [-0.15, -0.1) is 0 Å². The van der Waals surface area contributed by atoms with Gasteiger partial charge in [0.2, 0.25) is 11.8 Å². The summed E-state index contributed by atoms with van der Waals surface area (Å²) in [6.45, 7) is -0.855. The van der Waals surface area contributed by atoms with Crippen LogP contribution in [0.1, 0.15) is 28.8 Å². The second-order valence-corrected chi connectivity index (χ2v) is 6.86. The van der Waals surface area contributed by atoms with Crippen molar-refractivity contribution in [2.24, 2.45) is 0 Å². The van der Waals surface area contributed by atoms with E-state index < -0.39 is 35.9 Å². The van der Waals surface area contributed by atoms with Gasteiger partial charge in [0.05, 0.1) is 27.5 Å². The third-order valence-electron chi connectivity index (χ3n) is 4.33. The van der Waals surface area contributed by atoms with Gasteiger partial charge in [-0.1, -0.05) is 17.7 Å². The molecular formula is C20H14ClF3N2O5. The minimum absolute atomic E-state index is 0.0179. The van der Waals surface area contributed by atoms with E-state index in [-0.39, 0.29) is 35.2 Å². The van der Waals surface area contributed by atoms with E-state index in [4.69, 9.17) is 16.3 Å². The highest BCUT2D eigenvalue weighted by atomic mass is 35.5. The predicted octanol–water partition coefficient (Wildman–Crippen LogP) is 3.81. The normalized spacial score (nSPS) is 14.0. The largest absolute Gasteiger partial charge is 0.452 e. The van der Waals surface area contributed by atoms with Crippen LogP contribution >= 0.6 is 11.6 Å². The first-order valence-corrected chi connectivity index (χ1v) is 9.24. The number of alkyl halides is 3. The molecule has 0 aromatic heterocycles. The molecule has 0 saturated carbocycles. The summed E-state index contributed by atoms with van der Waals surface area (Å²) in [5.41, 5.74) is -1.46. The SMILES string of the molecule is O=C(COC(=O)c1ccc(N2C(=O)CCC2=O)cc1)Nc1c(Cl)cccc1C(F)(F)F. The fourth-order valence-electron chi connectivity index (χ4n) is 2.89. The zero-order chi connectivity index (χ0) is 22.8. The van der Waals surface area contributed by atoms with Gasteiger partial charge in [-0.25, -0.2) is 4.79 Å². The Kier molecular flexibility index (Phi) is 6.30. The maximum atomic E-state index is 13.1. The summed E-state index contributed by atoms with van der Waals surface area (Å²) in [5.74, 6) is -2.64. The molecule has 1 aliphatic rings. The number of esters is 1. The van der Waals surface area contributed by atoms with Gasteiger partial charge in [0.15, 0.2) is 6.61 Å². The zero-order valence-electron chi connectivity index (χ0n) is 15.7. The van der Waals surface area contributed by atoms with E-state index in [0.717, 1.165) is 17.0 Å². The number of rotatable bonds is 5. The van der Waals surface area contributed by atoms with Crippen molar-refractivity contribution in [3.8, 4) is 0 Å². The summed E-state index contributed by atoms with van der Waals surface area (Å²) >= 11 is 5.75. The fraction of sp³-hybridized carbons (Fsp3) is 0.200. The minimum atomic E-state index is -4.75. The smallest absolute Gasteiger partial charge is 0.418 e. The Balaban J connectivity index is 1.62. The molecule has 31 heavy (non-hydrogen) atoms. The molecule has 3 amide bonds. The summed E-state index contributed by atoms with van der Waals surface area (Å²) in [4.78, 5) is 48.5. The zero-order valence-corrected chi connectivity index (χ0v) is 16.4. The number of anilines is 2. The number of imide groups is 1. The van der Waals surface area contributed by atoms with Crippen molar-refractivity contribution in [3.05, 3.63) is 58.6 Å². The number of nitrogens with one attached hydrogen (secondary N) is 1. The lowest BCUT2D eigenvalue weighted by atomic mass is 10.1. The third kappa shape index (κ3) is 5.02. The number of carbonyl (C=O) groups excluding carboxylic acids is 4. The van der Waals surface area contributed by atoms with Crippen LogP contribution in [0.25, 0.3) is 0 Å². The van der Waals surface area contributed by atoms with E-state index >= 15 is 0 Å². The van der Waals surface area contributed by atoms with Crippen LogP contribution in [0.2, 0.25) is 5.02 Å². The van der Waals surface area contributed by atoms with E-state index in [1.807, 2.05) is 5.32 Å². The molecule has 0 aliphatic carbocycles. The molecule has 1 N–H and O–H groups in total. The number of benzene rings is 2. The monoisotopic (exact) mass is 454 g/mol. The van der Waals surface area contributed by atoms with Gasteiger partial charge in [-0.3, -0.25) is 19.3 Å². The van der Waals surface area contributed by atoms with Crippen molar-refractivity contribution < 1.29 is 37.1 Å². The maximum Gasteiger partial charge on any atom is 0.418 e. The van der Waals surface area contributed by atoms with Crippen molar-refractivity contribution in [2.45, 2.75) is 19.0 Å². The van der Waals surface area contributed by atoms with Gasteiger partial charge in [0.25, 0.3) is 5.91 Å². The molecule has 162 valence electrons. The van der Waals surface area contributed by atoms with Crippen LogP contribution in [0.5, 0.6) is 0 Å². The molecular weight excluding hydrogens is 441 g/mol. The Hall–Kier alpha value is -3.40. The topological polar surface area (TPSA) is 92.8 Å². The molecule has 2 aromatic rings. The fourth-order valence-corrected chi connectivity index (χ4v) is 3.11. The lowest BCUT2D eigenvalue weighted by molar-refractivity contribution is -0.137. The first-order chi connectivity index (χ1) is 14.6. The second kappa shape index (κ2) is 8.76. The average Bonchev–Trinajstić information content (AvgIpc) is 3.05. The molecule has 3 rings (SSSR count). The highest BCUT2D eigenvalue weighted by Crippen LogP contribution is 2.38. The summed E-state index contributed by atoms with van der Waals surface area (Å²) in [5, 5.41) is 1.68. The van der Waals surface area contributed by atoms with Crippen molar-refractivity contribution >= 4 is 46.7 Å². The summed E-state index contributed by atoms with van der Waals surface area (Å²) in [6, 6.07) is 8.36. The highest BCUT2D eigenvalue weighted by molar-refractivity contribution is 6.34. The van der Waals surface area contributed by atoms with Crippen LogP contribution < -0.4 is 10.2 Å². The molecule has 1 fully saturated rings. The Morgan fingerprint density at radius 3 is 2.23 bits per heavy atom. The molecule has 1 heterocycles. The van der Waals surface area contributed by atoms with Crippen LogP contribution in [0.15, 0.2) is 42.5 Å². The van der Waals surface area contributed by atoms with E-state index in [1.165, 1.54) is 30.3 Å². The number of nitrogens with zero attached hydrogens (tertiary/aromatic N) is 1. The average molecular weight is 455 g/mol. The number of carbonyl (C=O) groups is 4. The highest BCUT2D eigenvalue weighted by Gasteiger charge is 2.35. The van der Waals surface area contributed by atoms with Crippen LogP contribution in [-0.2, 0) is 25.3 Å². The van der Waals surface area contributed by atoms with Crippen molar-refractivity contribution in [3.63, 3.8) is 0 Å². The van der Waals surface area contributed by atoms with E-state index in [2.05, 4.69) is 0 Å². The van der Waals surface area contributed by atoms with Gasteiger partial charge in [0.1, 0.15) is 0 Å². The van der Waals surface area contributed by atoms with Gasteiger partial charge >= 0.3 is 12.1 Å². The molecule has 2 aromatic carbocycles. The lowest BCUT2D eigenvalue weighted by Gasteiger charge is -2.15. The number of para-hydroxylation sites is 1. The van der Waals surface area contributed by atoms with Gasteiger partial charge in [0, 0.05) is 12.8 Å². The Bertz CT molecular complexity index is 1040. The number of amides is 3. The van der Waals surface area contributed by atoms with E-state index in [0.29, 0.717) is 5.69 Å². The maximum absolute atomic E-state index is 13.1. The van der Waals surface area contributed by atoms with Gasteiger partial charge in [-0.05, 0) is 36.4 Å². The van der Waals surface area contributed by atoms with E-state index in [1.54, 1.807) is 0 Å². The molecule has 11 heteroatoms. The Morgan fingerprint density at radius 2 is 1.65 bits per heavy atom. The molecule has 7 nitrogen and oxygen atoms in total. The van der Waals surface area contributed by atoms with Crippen LogP contribution in [-0.4, -0.2) is 30.3 Å². The predicted molar refractivity (Wildman–Crippen MR) is 104 cm³/mol. The van der Waals surface area contributed by atoms with Crippen LogP contribution in [0.4, 0.5) is 24.5 Å². The first-order valence-electron chi connectivity index (χ1n) is 8.86. The number of halogens is 4. The van der Waals surface area contributed by atoms with Crippen molar-refractivity contribution in [2.75, 3.05) is 16.8 Å². The molecule has 1 aliphatic heterocycles. The summed E-state index contributed by atoms with van der Waals surface area (Å²) in [7, 11) is 0. The first kappa shape index (κ1) is 22.3. The lowest BCUT2D eigenvalue weighted by Crippen LogP contribution is -2.28. The molecule has 0 spiro atoms. The second-order valence-electron chi connectivity index (χ2n) is 6.45. The Labute approximate surface area is 178 Å². The van der Waals surface area contributed by atoms with Gasteiger partial charge in [-0.2, -0.15) is 13.2 Å². The molecule has 0 unspecified atom stereocenters. The molecule has 0 radical (unpaired) electrons. The van der Waals surface area contributed by atoms with E-state index in [9.17, 15) is 32.3 Å². The number of hydrogen-bond donors (Lipinski definition) is 1.